The molecule has 0 bridgehead atoms. The van der Waals surface area contributed by atoms with Crippen LogP contribution < -0.4 is 10.2 Å². The average Bonchev–Trinajstić information content (AvgIpc) is 3.19. The van der Waals surface area contributed by atoms with E-state index in [0.717, 1.165) is 12.1 Å². The van der Waals surface area contributed by atoms with Gasteiger partial charge in [-0.3, -0.25) is 14.9 Å². The minimum atomic E-state index is -0.455. The van der Waals surface area contributed by atoms with E-state index >= 15 is 0 Å². The number of nitro groups is 1. The van der Waals surface area contributed by atoms with Crippen molar-refractivity contribution in [2.45, 2.75) is 25.9 Å². The van der Waals surface area contributed by atoms with Gasteiger partial charge in [-0.2, -0.15) is 0 Å². The molecule has 0 spiro atoms. The van der Waals surface area contributed by atoms with Gasteiger partial charge in [-0.25, -0.2) is 0 Å². The van der Waals surface area contributed by atoms with Crippen molar-refractivity contribution in [2.75, 3.05) is 13.1 Å². The lowest BCUT2D eigenvalue weighted by Gasteiger charge is -2.12. The van der Waals surface area contributed by atoms with E-state index in [9.17, 15) is 14.9 Å². The highest BCUT2D eigenvalue weighted by atomic mass is 16.6. The maximum Gasteiger partial charge on any atom is 0.276 e. The van der Waals surface area contributed by atoms with Gasteiger partial charge in [0, 0.05) is 37.1 Å². The van der Waals surface area contributed by atoms with E-state index in [2.05, 4.69) is 17.4 Å². The van der Waals surface area contributed by atoms with Gasteiger partial charge in [-0.05, 0) is 17.7 Å². The van der Waals surface area contributed by atoms with Crippen LogP contribution in [-0.2, 0) is 17.9 Å². The molecule has 0 atom stereocenters. The molecule has 6 nitrogen and oxygen atoms in total. The summed E-state index contributed by atoms with van der Waals surface area (Å²) in [5.41, 5.74) is 2.74. The largest absolute Gasteiger partial charge is 0.348 e. The highest BCUT2D eigenvalue weighted by Gasteiger charge is 2.15. The summed E-state index contributed by atoms with van der Waals surface area (Å²) in [5, 5.41) is 13.8. The number of likely N-dealkylation sites (tertiary alicyclic amines) is 1. The third-order valence-corrected chi connectivity index (χ3v) is 4.80. The number of amides is 1. The van der Waals surface area contributed by atoms with Crippen LogP contribution >= 0.6 is 0 Å². The minimum absolute atomic E-state index is 0.0164. The molecular weight excluding hydrogens is 342 g/mol. The maximum atomic E-state index is 12.0. The van der Waals surface area contributed by atoms with Crippen LogP contribution in [0.2, 0.25) is 0 Å². The monoisotopic (exact) mass is 366 g/mol. The second kappa shape index (κ2) is 9.09. The van der Waals surface area contributed by atoms with Gasteiger partial charge in [0.15, 0.2) is 0 Å². The van der Waals surface area contributed by atoms with Gasteiger partial charge < -0.3 is 10.2 Å². The number of benzene rings is 2. The Bertz CT molecular complexity index is 825. The van der Waals surface area contributed by atoms with Gasteiger partial charge in [0.2, 0.25) is 5.91 Å². The molecule has 2 N–H and O–H groups in total. The van der Waals surface area contributed by atoms with E-state index in [1.165, 1.54) is 49.7 Å². The highest BCUT2D eigenvalue weighted by molar-refractivity contribution is 5.92. The summed E-state index contributed by atoms with van der Waals surface area (Å²) in [7, 11) is 0. The first-order valence-electron chi connectivity index (χ1n) is 9.22. The molecule has 0 saturated carbocycles. The number of nitro benzene ring substituents is 1. The van der Waals surface area contributed by atoms with Crippen molar-refractivity contribution in [3.8, 4) is 0 Å². The number of rotatable bonds is 7. The fraction of sp³-hybridized carbons (Fsp3) is 0.286. The number of quaternary nitrogens is 1. The van der Waals surface area contributed by atoms with Crippen LogP contribution in [0.5, 0.6) is 0 Å². The molecule has 0 aliphatic carbocycles. The summed E-state index contributed by atoms with van der Waals surface area (Å²) in [5.74, 6) is -0.279. The fourth-order valence-corrected chi connectivity index (χ4v) is 3.32. The molecule has 1 amide bonds. The van der Waals surface area contributed by atoms with Crippen molar-refractivity contribution >= 4 is 17.7 Å². The smallest absolute Gasteiger partial charge is 0.276 e. The summed E-state index contributed by atoms with van der Waals surface area (Å²) < 4.78 is 0. The van der Waals surface area contributed by atoms with E-state index in [1.807, 2.05) is 12.1 Å². The second-order valence-electron chi connectivity index (χ2n) is 6.82. The fourth-order valence-electron chi connectivity index (χ4n) is 3.32. The topological polar surface area (TPSA) is 76.7 Å². The number of carbonyl (C=O) groups excluding carboxylic acids is 1. The molecule has 1 saturated heterocycles. The van der Waals surface area contributed by atoms with E-state index in [1.54, 1.807) is 23.1 Å². The predicted molar refractivity (Wildman–Crippen MR) is 104 cm³/mol. The number of nitrogens with zero attached hydrogens (tertiary/aromatic N) is 1. The van der Waals surface area contributed by atoms with E-state index < -0.39 is 4.92 Å². The Morgan fingerprint density at radius 1 is 1.07 bits per heavy atom. The number of nitrogens with one attached hydrogen (secondary N) is 2. The van der Waals surface area contributed by atoms with Crippen LogP contribution in [-0.4, -0.2) is 23.9 Å². The van der Waals surface area contributed by atoms with E-state index in [-0.39, 0.29) is 11.6 Å². The molecule has 0 unspecified atom stereocenters. The molecule has 1 heterocycles. The number of para-hydroxylation sites is 1. The van der Waals surface area contributed by atoms with Gasteiger partial charge in [-0.15, -0.1) is 0 Å². The van der Waals surface area contributed by atoms with Crippen LogP contribution in [0, 0.1) is 10.1 Å². The summed E-state index contributed by atoms with van der Waals surface area (Å²) in [6, 6.07) is 14.7. The Hall–Kier alpha value is -2.99. The zero-order chi connectivity index (χ0) is 19.1. The van der Waals surface area contributed by atoms with Crippen molar-refractivity contribution in [2.24, 2.45) is 0 Å². The lowest BCUT2D eigenvalue weighted by molar-refractivity contribution is -0.901. The Labute approximate surface area is 158 Å². The zero-order valence-corrected chi connectivity index (χ0v) is 15.2. The lowest BCUT2D eigenvalue weighted by Crippen LogP contribution is -3.08. The Morgan fingerprint density at radius 3 is 2.44 bits per heavy atom. The molecule has 0 aromatic heterocycles. The summed E-state index contributed by atoms with van der Waals surface area (Å²) >= 11 is 0. The molecule has 1 aliphatic rings. The molecule has 2 aromatic carbocycles. The normalized spacial score (nSPS) is 14.5. The number of hydrogen-bond donors (Lipinski definition) is 2. The zero-order valence-electron chi connectivity index (χ0n) is 15.2. The van der Waals surface area contributed by atoms with E-state index in [4.69, 9.17) is 0 Å². The first kappa shape index (κ1) is 18.8. The van der Waals surface area contributed by atoms with Gasteiger partial charge in [0.25, 0.3) is 5.69 Å². The molecule has 1 fully saturated rings. The van der Waals surface area contributed by atoms with E-state index in [0.29, 0.717) is 12.1 Å². The number of carbonyl (C=O) groups is 1. The standard InChI is InChI=1S/C21H23N3O3/c25-21(12-11-19-5-1-2-6-20(19)24(26)27)22-15-17-7-9-18(10-8-17)16-23-13-3-4-14-23/h1-2,5-12H,3-4,13-16H2,(H,22,25)/p+1/b12-11+. The Balaban J connectivity index is 1.51. The summed E-state index contributed by atoms with van der Waals surface area (Å²) in [4.78, 5) is 24.2. The van der Waals surface area contributed by atoms with Crippen LogP contribution in [0.15, 0.2) is 54.6 Å². The molecule has 140 valence electrons. The molecule has 6 heteroatoms. The van der Waals surface area contributed by atoms with Crippen molar-refractivity contribution < 1.29 is 14.6 Å². The first-order valence-corrected chi connectivity index (χ1v) is 9.22. The Morgan fingerprint density at radius 2 is 1.74 bits per heavy atom. The summed E-state index contributed by atoms with van der Waals surface area (Å²) in [6.45, 7) is 4.00. The molecule has 1 aliphatic heterocycles. The van der Waals surface area contributed by atoms with Crippen molar-refractivity contribution in [3.05, 3.63) is 81.4 Å². The molecule has 27 heavy (non-hydrogen) atoms. The second-order valence-corrected chi connectivity index (χ2v) is 6.82. The van der Waals surface area contributed by atoms with Gasteiger partial charge in [-0.1, -0.05) is 36.4 Å². The van der Waals surface area contributed by atoms with Crippen LogP contribution in [0.3, 0.4) is 0 Å². The molecule has 0 radical (unpaired) electrons. The quantitative estimate of drug-likeness (QED) is 0.448. The van der Waals surface area contributed by atoms with Crippen LogP contribution in [0.1, 0.15) is 29.5 Å². The number of hydrogen-bond acceptors (Lipinski definition) is 3. The molecule has 3 rings (SSSR count). The van der Waals surface area contributed by atoms with Gasteiger partial charge >= 0.3 is 0 Å². The van der Waals surface area contributed by atoms with Crippen LogP contribution in [0.4, 0.5) is 5.69 Å². The predicted octanol–water partition coefficient (Wildman–Crippen LogP) is 2.10. The Kier molecular flexibility index (Phi) is 6.33. The lowest BCUT2D eigenvalue weighted by atomic mass is 10.1. The molecular formula is C21H24N3O3+. The summed E-state index contributed by atoms with van der Waals surface area (Å²) in [6.07, 6.45) is 5.43. The van der Waals surface area contributed by atoms with Gasteiger partial charge in [0.1, 0.15) is 6.54 Å². The van der Waals surface area contributed by atoms with Crippen LogP contribution in [0.25, 0.3) is 6.08 Å². The SMILES string of the molecule is O=C(/C=C/c1ccccc1[N+](=O)[O-])NCc1ccc(C[NH+]2CCCC2)cc1. The maximum absolute atomic E-state index is 12.0. The van der Waals surface area contributed by atoms with Crippen molar-refractivity contribution in [3.63, 3.8) is 0 Å². The first-order chi connectivity index (χ1) is 13.1. The average molecular weight is 366 g/mol. The molecule has 2 aromatic rings. The minimum Gasteiger partial charge on any atom is -0.348 e. The third kappa shape index (κ3) is 5.49. The van der Waals surface area contributed by atoms with Gasteiger partial charge in [0.05, 0.1) is 23.6 Å². The third-order valence-electron chi connectivity index (χ3n) is 4.80. The van der Waals surface area contributed by atoms with Crippen molar-refractivity contribution in [1.29, 1.82) is 0 Å². The van der Waals surface area contributed by atoms with Crippen molar-refractivity contribution in [1.82, 2.24) is 5.32 Å². The highest BCUT2D eigenvalue weighted by Crippen LogP contribution is 2.18.